The third-order valence-electron chi connectivity index (χ3n) is 5.16. The molecule has 0 N–H and O–H groups in total. The number of fused-ring (bicyclic) bond motifs is 1. The third kappa shape index (κ3) is 2.69. The minimum absolute atomic E-state index is 0.0793. The lowest BCUT2D eigenvalue weighted by Gasteiger charge is -2.20. The number of aromatic nitrogens is 2. The molecule has 5 heteroatoms. The number of carbonyl (C=O) groups excluding carboxylic acids is 1. The molecule has 0 radical (unpaired) electrons. The van der Waals surface area contributed by atoms with Crippen molar-refractivity contribution in [1.82, 2.24) is 9.55 Å². The average Bonchev–Trinajstić information content (AvgIpc) is 3.18. The number of anilines is 1. The van der Waals surface area contributed by atoms with Crippen molar-refractivity contribution < 1.29 is 4.79 Å². The van der Waals surface area contributed by atoms with E-state index in [-0.39, 0.29) is 17.9 Å². The van der Waals surface area contributed by atoms with Gasteiger partial charge in [-0.2, -0.15) is 0 Å². The van der Waals surface area contributed by atoms with E-state index < -0.39 is 0 Å². The topological polar surface area (TPSA) is 38.1 Å². The smallest absolute Gasteiger partial charge is 0.227 e. The summed E-state index contributed by atoms with van der Waals surface area (Å²) in [6.07, 6.45) is 0.474. The van der Waals surface area contributed by atoms with Gasteiger partial charge in [0.25, 0.3) is 0 Å². The second kappa shape index (κ2) is 6.44. The molecule has 4 nitrogen and oxygen atoms in total. The molecule has 2 aromatic carbocycles. The maximum atomic E-state index is 12.8. The maximum Gasteiger partial charge on any atom is 0.227 e. The first kappa shape index (κ1) is 17.1. The molecule has 1 saturated heterocycles. The maximum absolute atomic E-state index is 12.8. The normalized spacial score (nSPS) is 17.7. The minimum Gasteiger partial charge on any atom is -0.325 e. The molecule has 1 aliphatic heterocycles. The van der Waals surface area contributed by atoms with E-state index in [4.69, 9.17) is 16.6 Å². The number of amides is 1. The number of nitrogens with zero attached hydrogens (tertiary/aromatic N) is 3. The molecule has 2 heterocycles. The predicted molar refractivity (Wildman–Crippen MR) is 106 cm³/mol. The molecule has 1 atom stereocenters. The summed E-state index contributed by atoms with van der Waals surface area (Å²) in [5.74, 6) is 1.20. The van der Waals surface area contributed by atoms with E-state index >= 15 is 0 Å². The SMILES string of the molecule is Cc1c(Cl)cccc1N1CC(c2nc3ccccc3n2C(C)C)CC1=O. The van der Waals surface area contributed by atoms with Gasteiger partial charge in [-0.05, 0) is 50.6 Å². The monoisotopic (exact) mass is 367 g/mol. The van der Waals surface area contributed by atoms with Crippen LogP contribution in [0, 0.1) is 6.92 Å². The molecule has 0 aliphatic carbocycles. The molecule has 1 amide bonds. The number of imidazole rings is 1. The van der Waals surface area contributed by atoms with Crippen LogP contribution < -0.4 is 4.90 Å². The van der Waals surface area contributed by atoms with Crippen molar-refractivity contribution in [2.24, 2.45) is 0 Å². The Hall–Kier alpha value is -2.33. The Balaban J connectivity index is 1.75. The molecular weight excluding hydrogens is 346 g/mol. The molecular formula is C21H22ClN3O. The first-order chi connectivity index (χ1) is 12.5. The summed E-state index contributed by atoms with van der Waals surface area (Å²) in [4.78, 5) is 19.5. The molecule has 0 saturated carbocycles. The number of benzene rings is 2. The number of carbonyl (C=O) groups is 1. The Morgan fingerprint density at radius 3 is 2.69 bits per heavy atom. The number of halogens is 1. The number of hydrogen-bond donors (Lipinski definition) is 0. The summed E-state index contributed by atoms with van der Waals surface area (Å²) in [7, 11) is 0. The highest BCUT2D eigenvalue weighted by Crippen LogP contribution is 2.36. The van der Waals surface area contributed by atoms with Gasteiger partial charge in [0, 0.05) is 35.6 Å². The average molecular weight is 368 g/mol. The summed E-state index contributed by atoms with van der Waals surface area (Å²) in [5, 5.41) is 0.688. The van der Waals surface area contributed by atoms with Crippen LogP contribution >= 0.6 is 11.6 Å². The van der Waals surface area contributed by atoms with E-state index in [1.54, 1.807) is 0 Å². The van der Waals surface area contributed by atoms with Crippen LogP contribution in [0.4, 0.5) is 5.69 Å². The van der Waals surface area contributed by atoms with Crippen molar-refractivity contribution in [3.05, 3.63) is 58.9 Å². The summed E-state index contributed by atoms with van der Waals surface area (Å²) in [6, 6.07) is 14.2. The lowest BCUT2D eigenvalue weighted by Crippen LogP contribution is -2.25. The molecule has 1 aliphatic rings. The summed E-state index contributed by atoms with van der Waals surface area (Å²) in [5.41, 5.74) is 3.96. The van der Waals surface area contributed by atoms with Crippen LogP contribution in [0.3, 0.4) is 0 Å². The van der Waals surface area contributed by atoms with E-state index in [2.05, 4.69) is 24.5 Å². The van der Waals surface area contributed by atoms with Crippen molar-refractivity contribution in [3.63, 3.8) is 0 Å². The molecule has 3 aromatic rings. The van der Waals surface area contributed by atoms with Crippen LogP contribution in [0.25, 0.3) is 11.0 Å². The highest BCUT2D eigenvalue weighted by molar-refractivity contribution is 6.31. The molecule has 26 heavy (non-hydrogen) atoms. The predicted octanol–water partition coefficient (Wildman–Crippen LogP) is 5.10. The van der Waals surface area contributed by atoms with Gasteiger partial charge < -0.3 is 9.47 Å². The quantitative estimate of drug-likeness (QED) is 0.646. The van der Waals surface area contributed by atoms with Crippen molar-refractivity contribution in [1.29, 1.82) is 0 Å². The van der Waals surface area contributed by atoms with Crippen molar-refractivity contribution in [3.8, 4) is 0 Å². The van der Waals surface area contributed by atoms with Crippen LogP contribution in [-0.2, 0) is 4.79 Å². The fourth-order valence-electron chi connectivity index (χ4n) is 3.90. The van der Waals surface area contributed by atoms with Crippen LogP contribution in [0.1, 0.15) is 43.6 Å². The van der Waals surface area contributed by atoms with Crippen LogP contribution in [0.15, 0.2) is 42.5 Å². The van der Waals surface area contributed by atoms with E-state index in [0.717, 1.165) is 28.1 Å². The number of para-hydroxylation sites is 2. The van der Waals surface area contributed by atoms with Crippen molar-refractivity contribution >= 4 is 34.2 Å². The number of rotatable bonds is 3. The lowest BCUT2D eigenvalue weighted by molar-refractivity contribution is -0.117. The first-order valence-electron chi connectivity index (χ1n) is 8.99. The zero-order valence-electron chi connectivity index (χ0n) is 15.2. The summed E-state index contributed by atoms with van der Waals surface area (Å²) >= 11 is 6.26. The standard InChI is InChI=1S/C21H22ClN3O/c1-13(2)25-19-9-5-4-8-17(19)23-21(25)15-11-20(26)24(12-15)18-10-6-7-16(22)14(18)3/h4-10,13,15H,11-12H2,1-3H3. The van der Waals surface area contributed by atoms with Gasteiger partial charge in [0.1, 0.15) is 5.82 Å². The molecule has 1 fully saturated rings. The Morgan fingerprint density at radius 2 is 1.92 bits per heavy atom. The van der Waals surface area contributed by atoms with Gasteiger partial charge >= 0.3 is 0 Å². The second-order valence-corrected chi connectivity index (χ2v) is 7.62. The van der Waals surface area contributed by atoms with Crippen LogP contribution in [0.2, 0.25) is 5.02 Å². The molecule has 1 unspecified atom stereocenters. The largest absolute Gasteiger partial charge is 0.325 e. The minimum atomic E-state index is 0.0793. The van der Waals surface area contributed by atoms with Gasteiger partial charge in [-0.3, -0.25) is 4.79 Å². The molecule has 0 bridgehead atoms. The number of hydrogen-bond acceptors (Lipinski definition) is 2. The highest BCUT2D eigenvalue weighted by atomic mass is 35.5. The third-order valence-corrected chi connectivity index (χ3v) is 5.57. The van der Waals surface area contributed by atoms with E-state index in [1.807, 2.05) is 48.2 Å². The van der Waals surface area contributed by atoms with E-state index in [1.165, 1.54) is 0 Å². The second-order valence-electron chi connectivity index (χ2n) is 7.21. The highest BCUT2D eigenvalue weighted by Gasteiger charge is 2.35. The molecule has 134 valence electrons. The lowest BCUT2D eigenvalue weighted by atomic mass is 10.1. The summed E-state index contributed by atoms with van der Waals surface area (Å²) < 4.78 is 2.27. The zero-order chi connectivity index (χ0) is 18.4. The Labute approximate surface area is 158 Å². The Morgan fingerprint density at radius 1 is 1.15 bits per heavy atom. The Kier molecular flexibility index (Phi) is 4.23. The fourth-order valence-corrected chi connectivity index (χ4v) is 4.07. The molecule has 1 aromatic heterocycles. The van der Waals surface area contributed by atoms with Crippen LogP contribution in [0.5, 0.6) is 0 Å². The van der Waals surface area contributed by atoms with Gasteiger partial charge in [0.15, 0.2) is 0 Å². The van der Waals surface area contributed by atoms with Gasteiger partial charge in [-0.1, -0.05) is 29.8 Å². The van der Waals surface area contributed by atoms with Gasteiger partial charge in [0.05, 0.1) is 11.0 Å². The van der Waals surface area contributed by atoms with Gasteiger partial charge in [-0.25, -0.2) is 4.98 Å². The van der Waals surface area contributed by atoms with Gasteiger partial charge in [0.2, 0.25) is 5.91 Å². The first-order valence-corrected chi connectivity index (χ1v) is 9.37. The van der Waals surface area contributed by atoms with Gasteiger partial charge in [-0.15, -0.1) is 0 Å². The fraction of sp³-hybridized carbons (Fsp3) is 0.333. The Bertz CT molecular complexity index is 992. The van der Waals surface area contributed by atoms with Crippen molar-refractivity contribution in [2.45, 2.75) is 39.2 Å². The van der Waals surface area contributed by atoms with Crippen LogP contribution in [-0.4, -0.2) is 22.0 Å². The molecule has 4 rings (SSSR count). The van der Waals surface area contributed by atoms with Crippen molar-refractivity contribution in [2.75, 3.05) is 11.4 Å². The molecule has 0 spiro atoms. The zero-order valence-corrected chi connectivity index (χ0v) is 16.0. The summed E-state index contributed by atoms with van der Waals surface area (Å²) in [6.45, 7) is 6.91. The van der Waals surface area contributed by atoms with E-state index in [0.29, 0.717) is 18.0 Å². The van der Waals surface area contributed by atoms with E-state index in [9.17, 15) is 4.79 Å².